The van der Waals surface area contributed by atoms with Crippen molar-refractivity contribution in [1.29, 1.82) is 0 Å². The summed E-state index contributed by atoms with van der Waals surface area (Å²) in [5.74, 6) is 1.31. The van der Waals surface area contributed by atoms with Crippen molar-refractivity contribution in [2.75, 3.05) is 7.11 Å². The molecule has 3 aromatic rings. The molecule has 2 unspecified atom stereocenters. The van der Waals surface area contributed by atoms with E-state index >= 15 is 0 Å². The van der Waals surface area contributed by atoms with E-state index in [9.17, 15) is 0 Å². The van der Waals surface area contributed by atoms with Crippen molar-refractivity contribution in [3.05, 3.63) is 89.5 Å². The van der Waals surface area contributed by atoms with E-state index in [2.05, 4.69) is 72.8 Å². The van der Waals surface area contributed by atoms with E-state index in [1.165, 1.54) is 27.3 Å². The van der Waals surface area contributed by atoms with Crippen molar-refractivity contribution >= 4 is 23.2 Å². The number of aliphatic imine (C=N–C) groups is 1. The van der Waals surface area contributed by atoms with Crippen molar-refractivity contribution in [1.82, 2.24) is 0 Å². The van der Waals surface area contributed by atoms with Gasteiger partial charge in [-0.15, -0.1) is 11.8 Å². The van der Waals surface area contributed by atoms with Gasteiger partial charge in [-0.1, -0.05) is 48.5 Å². The van der Waals surface area contributed by atoms with Gasteiger partial charge in [0.25, 0.3) is 0 Å². The fourth-order valence-corrected chi connectivity index (χ4v) is 5.55. The fraction of sp³-hybridized carbons (Fsp3) is 0.208. The second-order valence-corrected chi connectivity index (χ2v) is 8.26. The summed E-state index contributed by atoms with van der Waals surface area (Å²) in [6.45, 7) is 0. The Bertz CT molecular complexity index is 1010. The molecule has 2 nitrogen and oxygen atoms in total. The van der Waals surface area contributed by atoms with E-state index in [4.69, 9.17) is 9.73 Å². The number of rotatable bonds is 2. The molecule has 0 aromatic heterocycles. The van der Waals surface area contributed by atoms with Crippen LogP contribution in [0.2, 0.25) is 0 Å². The number of hydrogen-bond acceptors (Lipinski definition) is 3. The molecule has 0 saturated carbocycles. The van der Waals surface area contributed by atoms with E-state index in [0.29, 0.717) is 11.2 Å². The maximum Gasteiger partial charge on any atom is 0.118 e. The minimum atomic E-state index is 0.353. The van der Waals surface area contributed by atoms with Gasteiger partial charge in [-0.2, -0.15) is 0 Å². The highest BCUT2D eigenvalue weighted by molar-refractivity contribution is 7.99. The second kappa shape index (κ2) is 6.90. The zero-order valence-electron chi connectivity index (χ0n) is 15.3. The Hall–Kier alpha value is -2.52. The van der Waals surface area contributed by atoms with Crippen molar-refractivity contribution < 1.29 is 4.74 Å². The maximum atomic E-state index is 5.36. The first-order valence-electron chi connectivity index (χ1n) is 9.40. The molecule has 0 fully saturated rings. The molecule has 0 bridgehead atoms. The summed E-state index contributed by atoms with van der Waals surface area (Å²) in [4.78, 5) is 6.44. The summed E-state index contributed by atoms with van der Waals surface area (Å²) in [6, 6.07) is 25.9. The van der Waals surface area contributed by atoms with Crippen LogP contribution in [0.3, 0.4) is 0 Å². The molecule has 0 spiro atoms. The molecule has 1 heterocycles. The van der Waals surface area contributed by atoms with Gasteiger partial charge in [-0.05, 0) is 53.8 Å². The molecular weight excluding hydrogens is 350 g/mol. The molecule has 134 valence electrons. The van der Waals surface area contributed by atoms with Gasteiger partial charge in [-0.3, -0.25) is 4.99 Å². The first kappa shape index (κ1) is 16.6. The third kappa shape index (κ3) is 2.96. The lowest BCUT2D eigenvalue weighted by atomic mass is 9.78. The van der Waals surface area contributed by atoms with E-state index in [1.54, 1.807) is 7.11 Å². The Balaban J connectivity index is 1.66. The van der Waals surface area contributed by atoms with Gasteiger partial charge >= 0.3 is 0 Å². The van der Waals surface area contributed by atoms with Crippen LogP contribution in [-0.4, -0.2) is 12.8 Å². The van der Waals surface area contributed by atoms with E-state index in [1.807, 2.05) is 11.8 Å². The molecule has 0 saturated heterocycles. The normalized spacial score (nSPS) is 20.6. The van der Waals surface area contributed by atoms with Crippen LogP contribution in [0.15, 0.2) is 82.7 Å². The van der Waals surface area contributed by atoms with Crippen molar-refractivity contribution in [3.8, 4) is 5.75 Å². The van der Waals surface area contributed by atoms with Crippen LogP contribution in [-0.2, 0) is 6.42 Å². The van der Waals surface area contributed by atoms with Crippen LogP contribution in [0.25, 0.3) is 0 Å². The number of aryl methyl sites for hydroxylation is 1. The molecule has 1 aliphatic carbocycles. The molecule has 0 radical (unpaired) electrons. The first-order valence-corrected chi connectivity index (χ1v) is 10.3. The molecule has 2 atom stereocenters. The highest BCUT2D eigenvalue weighted by Crippen LogP contribution is 2.51. The number of nitrogens with zero attached hydrogens (tertiary/aromatic N) is 1. The van der Waals surface area contributed by atoms with Crippen LogP contribution in [0, 0.1) is 5.92 Å². The Morgan fingerprint density at radius 1 is 0.926 bits per heavy atom. The van der Waals surface area contributed by atoms with Gasteiger partial charge in [0, 0.05) is 16.1 Å². The molecular formula is C24H21NOS. The molecule has 0 N–H and O–H groups in total. The Morgan fingerprint density at radius 2 is 1.70 bits per heavy atom. The topological polar surface area (TPSA) is 21.6 Å². The standard InChI is InChI=1S/C24H21NOS/c1-26-18-13-10-17(11-14-18)24-20-15-12-16-6-2-3-7-19(16)23(20)25-21-8-4-5-9-22(21)27-24/h2-11,13-14,20,24H,12,15H2,1H3. The minimum Gasteiger partial charge on any atom is -0.497 e. The van der Waals surface area contributed by atoms with Crippen molar-refractivity contribution in [3.63, 3.8) is 0 Å². The quantitative estimate of drug-likeness (QED) is 0.533. The molecule has 5 rings (SSSR count). The average Bonchev–Trinajstić information content (AvgIpc) is 2.91. The summed E-state index contributed by atoms with van der Waals surface area (Å²) in [5.41, 5.74) is 6.43. The van der Waals surface area contributed by atoms with Crippen LogP contribution in [0.4, 0.5) is 5.69 Å². The minimum absolute atomic E-state index is 0.353. The predicted molar refractivity (Wildman–Crippen MR) is 112 cm³/mol. The Morgan fingerprint density at radius 3 is 2.56 bits per heavy atom. The maximum absolute atomic E-state index is 5.36. The average molecular weight is 372 g/mol. The van der Waals surface area contributed by atoms with Gasteiger partial charge in [0.2, 0.25) is 0 Å². The van der Waals surface area contributed by atoms with Gasteiger partial charge in [0.15, 0.2) is 0 Å². The monoisotopic (exact) mass is 371 g/mol. The Kier molecular flexibility index (Phi) is 4.25. The Labute approximate surface area is 164 Å². The van der Waals surface area contributed by atoms with Gasteiger partial charge < -0.3 is 4.74 Å². The predicted octanol–water partition coefficient (Wildman–Crippen LogP) is 6.23. The number of para-hydroxylation sites is 1. The first-order chi connectivity index (χ1) is 13.3. The van der Waals surface area contributed by atoms with Gasteiger partial charge in [-0.25, -0.2) is 0 Å². The van der Waals surface area contributed by atoms with Crippen LogP contribution in [0.5, 0.6) is 5.75 Å². The summed E-state index contributed by atoms with van der Waals surface area (Å²) >= 11 is 1.95. The number of hydrogen-bond donors (Lipinski definition) is 0. The molecule has 3 aromatic carbocycles. The zero-order valence-corrected chi connectivity index (χ0v) is 16.1. The highest BCUT2D eigenvalue weighted by Gasteiger charge is 2.35. The molecule has 2 aliphatic rings. The SMILES string of the molecule is COc1ccc(C2Sc3ccccc3N=C3c4ccccc4CCC32)cc1. The number of fused-ring (bicyclic) bond motifs is 4. The summed E-state index contributed by atoms with van der Waals surface area (Å²) < 4.78 is 5.36. The van der Waals surface area contributed by atoms with E-state index in [0.717, 1.165) is 24.3 Å². The summed E-state index contributed by atoms with van der Waals surface area (Å²) in [7, 11) is 1.72. The fourth-order valence-electron chi connectivity index (χ4n) is 4.17. The smallest absolute Gasteiger partial charge is 0.118 e. The van der Waals surface area contributed by atoms with Crippen LogP contribution >= 0.6 is 11.8 Å². The van der Waals surface area contributed by atoms with E-state index in [-0.39, 0.29) is 0 Å². The lowest BCUT2D eigenvalue weighted by molar-refractivity contribution is 0.414. The van der Waals surface area contributed by atoms with Crippen molar-refractivity contribution in [2.45, 2.75) is 23.0 Å². The van der Waals surface area contributed by atoms with Crippen molar-refractivity contribution in [2.24, 2.45) is 10.9 Å². The number of benzene rings is 3. The van der Waals surface area contributed by atoms with E-state index < -0.39 is 0 Å². The lowest BCUT2D eigenvalue weighted by Gasteiger charge is -2.31. The molecule has 0 amide bonds. The third-order valence-corrected chi connectivity index (χ3v) is 6.99. The third-order valence-electron chi connectivity index (χ3n) is 5.54. The number of methoxy groups -OCH3 is 1. The van der Waals surface area contributed by atoms with Gasteiger partial charge in [0.05, 0.1) is 18.5 Å². The zero-order chi connectivity index (χ0) is 18.2. The van der Waals surface area contributed by atoms with Gasteiger partial charge in [0.1, 0.15) is 5.75 Å². The second-order valence-electron chi connectivity index (χ2n) is 7.08. The lowest BCUT2D eigenvalue weighted by Crippen LogP contribution is -2.27. The largest absolute Gasteiger partial charge is 0.497 e. The number of thioether (sulfide) groups is 1. The van der Waals surface area contributed by atoms with Crippen LogP contribution < -0.4 is 4.74 Å². The molecule has 27 heavy (non-hydrogen) atoms. The summed E-state index contributed by atoms with van der Waals surface area (Å²) in [5, 5.41) is 0.353. The van der Waals surface area contributed by atoms with Crippen LogP contribution in [0.1, 0.15) is 28.4 Å². The molecule has 3 heteroatoms. The molecule has 1 aliphatic heterocycles. The summed E-state index contributed by atoms with van der Waals surface area (Å²) in [6.07, 6.45) is 2.25. The number of ether oxygens (including phenoxy) is 1. The highest BCUT2D eigenvalue weighted by atomic mass is 32.2.